The highest BCUT2D eigenvalue weighted by atomic mass is 32.1. The van der Waals surface area contributed by atoms with Crippen molar-refractivity contribution in [2.45, 2.75) is 38.0 Å². The summed E-state index contributed by atoms with van der Waals surface area (Å²) in [6.45, 7) is 0. The molecule has 0 spiro atoms. The van der Waals surface area contributed by atoms with Crippen molar-refractivity contribution in [3.8, 4) is 0 Å². The van der Waals surface area contributed by atoms with Crippen LogP contribution < -0.4 is 5.32 Å². The zero-order valence-corrected chi connectivity index (χ0v) is 14.0. The summed E-state index contributed by atoms with van der Waals surface area (Å²) in [5.74, 6) is -0.0365. The largest absolute Gasteiger partial charge is 0.301 e. The number of carbonyl (C=O) groups excluding carboxylic acids is 1. The van der Waals surface area contributed by atoms with Crippen LogP contribution in [0.25, 0.3) is 0 Å². The van der Waals surface area contributed by atoms with E-state index in [0.717, 1.165) is 19.3 Å². The molecular weight excluding hydrogens is 326 g/mol. The van der Waals surface area contributed by atoms with Gasteiger partial charge in [-0.25, -0.2) is 4.98 Å². The van der Waals surface area contributed by atoms with Gasteiger partial charge in [0, 0.05) is 23.7 Å². The van der Waals surface area contributed by atoms with Crippen LogP contribution in [0.5, 0.6) is 0 Å². The van der Waals surface area contributed by atoms with E-state index >= 15 is 0 Å². The average molecular weight is 345 g/mol. The highest BCUT2D eigenvalue weighted by molar-refractivity contribution is 7.13. The van der Waals surface area contributed by atoms with Crippen LogP contribution in [0.1, 0.15) is 43.6 Å². The van der Waals surface area contributed by atoms with Crippen LogP contribution >= 0.6 is 11.3 Å². The maximum Gasteiger partial charge on any atom is 0.269 e. The first-order valence-electron chi connectivity index (χ1n) is 8.08. The first-order chi connectivity index (χ1) is 11.6. The van der Waals surface area contributed by atoms with Gasteiger partial charge in [0.1, 0.15) is 0 Å². The number of nitrogens with one attached hydrogen (secondary N) is 1. The molecule has 1 aromatic carbocycles. The van der Waals surface area contributed by atoms with Crippen LogP contribution in [-0.2, 0) is 4.79 Å². The van der Waals surface area contributed by atoms with Crippen molar-refractivity contribution >= 4 is 28.1 Å². The highest BCUT2D eigenvalue weighted by Gasteiger charge is 2.28. The number of non-ortho nitro benzene ring substituents is 1. The maximum atomic E-state index is 12.8. The summed E-state index contributed by atoms with van der Waals surface area (Å²) in [6.07, 6.45) is 6.99. The fourth-order valence-corrected chi connectivity index (χ4v) is 3.84. The van der Waals surface area contributed by atoms with Crippen LogP contribution in [0.3, 0.4) is 0 Å². The van der Waals surface area contributed by atoms with Crippen LogP contribution in [0, 0.1) is 16.0 Å². The molecule has 1 unspecified atom stereocenters. The first-order valence-corrected chi connectivity index (χ1v) is 8.96. The Morgan fingerprint density at radius 1 is 1.42 bits per heavy atom. The predicted octanol–water partition coefficient (Wildman–Crippen LogP) is 4.35. The van der Waals surface area contributed by atoms with E-state index in [2.05, 4.69) is 10.3 Å². The Balaban J connectivity index is 1.84. The van der Waals surface area contributed by atoms with E-state index in [1.54, 1.807) is 23.7 Å². The van der Waals surface area contributed by atoms with Crippen molar-refractivity contribution in [3.05, 3.63) is 51.5 Å². The number of hydrogen-bond donors (Lipinski definition) is 1. The molecular formula is C17H19N3O3S. The van der Waals surface area contributed by atoms with Crippen molar-refractivity contribution in [1.29, 1.82) is 0 Å². The van der Waals surface area contributed by atoms with Crippen molar-refractivity contribution in [3.63, 3.8) is 0 Å². The molecule has 6 nitrogen and oxygen atoms in total. The van der Waals surface area contributed by atoms with Gasteiger partial charge in [0.25, 0.3) is 5.69 Å². The van der Waals surface area contributed by atoms with Crippen molar-refractivity contribution in [2.75, 3.05) is 5.32 Å². The Labute approximate surface area is 144 Å². The van der Waals surface area contributed by atoms with E-state index < -0.39 is 10.8 Å². The molecule has 0 bridgehead atoms. The maximum absolute atomic E-state index is 12.8. The van der Waals surface area contributed by atoms with Gasteiger partial charge in [-0.1, -0.05) is 37.8 Å². The molecule has 7 heteroatoms. The third kappa shape index (κ3) is 3.97. The van der Waals surface area contributed by atoms with Crippen LogP contribution in [0.15, 0.2) is 35.8 Å². The van der Waals surface area contributed by atoms with E-state index in [0.29, 0.717) is 16.6 Å². The zero-order chi connectivity index (χ0) is 16.9. The summed E-state index contributed by atoms with van der Waals surface area (Å²) in [4.78, 5) is 27.5. The van der Waals surface area contributed by atoms with Gasteiger partial charge < -0.3 is 5.32 Å². The fraction of sp³-hybridized carbons (Fsp3) is 0.412. The van der Waals surface area contributed by atoms with Gasteiger partial charge in [-0.3, -0.25) is 14.9 Å². The number of rotatable bonds is 6. The Morgan fingerprint density at radius 2 is 2.21 bits per heavy atom. The third-order valence-electron chi connectivity index (χ3n) is 4.51. The number of nitrogens with zero attached hydrogens (tertiary/aromatic N) is 2. The number of anilines is 1. The third-order valence-corrected chi connectivity index (χ3v) is 5.19. The van der Waals surface area contributed by atoms with Crippen LogP contribution in [-0.4, -0.2) is 15.8 Å². The minimum absolute atomic E-state index is 0.0194. The summed E-state index contributed by atoms with van der Waals surface area (Å²) in [5, 5.41) is 16.2. The summed E-state index contributed by atoms with van der Waals surface area (Å²) < 4.78 is 0. The second-order valence-corrected chi connectivity index (χ2v) is 7.01. The van der Waals surface area contributed by atoms with E-state index in [1.165, 1.54) is 36.3 Å². The molecule has 1 aliphatic carbocycles. The van der Waals surface area contributed by atoms with Crippen LogP contribution in [0.4, 0.5) is 10.8 Å². The van der Waals surface area contributed by atoms with Gasteiger partial charge in [0.05, 0.1) is 10.8 Å². The average Bonchev–Trinajstić information content (AvgIpc) is 3.26. The molecule has 0 saturated heterocycles. The van der Waals surface area contributed by atoms with E-state index in [9.17, 15) is 14.9 Å². The Morgan fingerprint density at radius 3 is 2.88 bits per heavy atom. The van der Waals surface area contributed by atoms with Gasteiger partial charge in [-0.05, 0) is 17.9 Å². The van der Waals surface area contributed by atoms with Gasteiger partial charge >= 0.3 is 0 Å². The molecule has 126 valence electrons. The van der Waals surface area contributed by atoms with E-state index in [4.69, 9.17) is 0 Å². The van der Waals surface area contributed by atoms with Crippen molar-refractivity contribution < 1.29 is 9.72 Å². The number of nitro groups is 1. The van der Waals surface area contributed by atoms with Gasteiger partial charge in [-0.15, -0.1) is 11.3 Å². The normalized spacial score (nSPS) is 16.0. The molecule has 1 fully saturated rings. The Kier molecular flexibility index (Phi) is 5.20. The molecule has 0 radical (unpaired) electrons. The summed E-state index contributed by atoms with van der Waals surface area (Å²) >= 11 is 1.36. The number of thiazole rings is 1. The lowest BCUT2D eigenvalue weighted by Gasteiger charge is -2.20. The lowest BCUT2D eigenvalue weighted by atomic mass is 9.87. The van der Waals surface area contributed by atoms with Crippen molar-refractivity contribution in [2.24, 2.45) is 5.92 Å². The molecule has 1 aliphatic rings. The molecule has 1 aromatic heterocycles. The molecule has 1 N–H and O–H groups in total. The van der Waals surface area contributed by atoms with Gasteiger partial charge in [0.2, 0.25) is 5.91 Å². The van der Waals surface area contributed by atoms with Gasteiger partial charge in [-0.2, -0.15) is 0 Å². The summed E-state index contributed by atoms with van der Waals surface area (Å²) in [7, 11) is 0. The SMILES string of the molecule is O=C(Nc1nccs1)C(CC1CCCC1)c1cccc([N+](=O)[O-])c1. The minimum atomic E-state index is -0.422. The smallest absolute Gasteiger partial charge is 0.269 e. The predicted molar refractivity (Wildman–Crippen MR) is 93.2 cm³/mol. The standard InChI is InChI=1S/C17H19N3O3S/c21-16(19-17-18-8-9-24-17)15(10-12-4-1-2-5-12)13-6-3-7-14(11-13)20(22)23/h3,6-9,11-12,15H,1-2,4-5,10H2,(H,18,19,21). The quantitative estimate of drug-likeness (QED) is 0.623. The van der Waals surface area contributed by atoms with Gasteiger partial charge in [0.15, 0.2) is 5.13 Å². The zero-order valence-electron chi connectivity index (χ0n) is 13.2. The number of hydrogen-bond acceptors (Lipinski definition) is 5. The molecule has 1 saturated carbocycles. The lowest BCUT2D eigenvalue weighted by molar-refractivity contribution is -0.384. The molecule has 2 aromatic rings. The Hall–Kier alpha value is -2.28. The molecule has 0 aliphatic heterocycles. The highest BCUT2D eigenvalue weighted by Crippen LogP contribution is 2.35. The van der Waals surface area contributed by atoms with E-state index in [1.807, 2.05) is 0 Å². The second kappa shape index (κ2) is 7.53. The number of benzene rings is 1. The second-order valence-electron chi connectivity index (χ2n) is 6.12. The number of carbonyl (C=O) groups is 1. The molecule has 1 amide bonds. The van der Waals surface area contributed by atoms with E-state index in [-0.39, 0.29) is 11.6 Å². The molecule has 1 atom stereocenters. The monoisotopic (exact) mass is 345 g/mol. The molecule has 24 heavy (non-hydrogen) atoms. The molecule has 1 heterocycles. The van der Waals surface area contributed by atoms with Crippen LogP contribution in [0.2, 0.25) is 0 Å². The number of aromatic nitrogens is 1. The Bertz CT molecular complexity index is 712. The minimum Gasteiger partial charge on any atom is -0.301 e. The lowest BCUT2D eigenvalue weighted by Crippen LogP contribution is -2.23. The number of nitro benzene ring substituents is 1. The summed E-state index contributed by atoms with van der Waals surface area (Å²) in [5.41, 5.74) is 0.719. The fourth-order valence-electron chi connectivity index (χ4n) is 3.31. The first kappa shape index (κ1) is 16.6. The topological polar surface area (TPSA) is 85.1 Å². The molecule has 3 rings (SSSR count). The van der Waals surface area contributed by atoms with Crippen molar-refractivity contribution in [1.82, 2.24) is 4.98 Å². The number of amides is 1. The summed E-state index contributed by atoms with van der Waals surface area (Å²) in [6, 6.07) is 6.41.